The number of piperidine rings is 1. The Balaban J connectivity index is 1.49. The molecule has 3 rings (SSSR count). The predicted molar refractivity (Wildman–Crippen MR) is 96.4 cm³/mol. The SMILES string of the molecule is N#Cc1nccnc1OC1CCCN(C(=O)CCCc2ccccc2)C1. The van der Waals surface area contributed by atoms with Crippen LogP contribution in [0.3, 0.4) is 0 Å². The first-order valence-electron chi connectivity index (χ1n) is 8.95. The molecule has 0 aliphatic carbocycles. The first kappa shape index (κ1) is 17.9. The number of hydrogen-bond donors (Lipinski definition) is 0. The molecule has 1 saturated heterocycles. The lowest BCUT2D eigenvalue weighted by Crippen LogP contribution is -2.44. The van der Waals surface area contributed by atoms with Gasteiger partial charge in [0.15, 0.2) is 0 Å². The maximum absolute atomic E-state index is 12.5. The van der Waals surface area contributed by atoms with Gasteiger partial charge in [0.25, 0.3) is 5.88 Å². The van der Waals surface area contributed by atoms with Gasteiger partial charge in [0.05, 0.1) is 6.54 Å². The fraction of sp³-hybridized carbons (Fsp3) is 0.400. The molecule has 0 radical (unpaired) electrons. The quantitative estimate of drug-likeness (QED) is 0.800. The lowest BCUT2D eigenvalue weighted by Gasteiger charge is -2.32. The van der Waals surface area contributed by atoms with Gasteiger partial charge < -0.3 is 9.64 Å². The number of rotatable bonds is 6. The van der Waals surface area contributed by atoms with Crippen molar-refractivity contribution >= 4 is 5.91 Å². The Kier molecular flexibility index (Phi) is 6.15. The van der Waals surface area contributed by atoms with Gasteiger partial charge in [-0.2, -0.15) is 5.26 Å². The molecule has 6 heteroatoms. The molecule has 6 nitrogen and oxygen atoms in total. The van der Waals surface area contributed by atoms with Gasteiger partial charge >= 0.3 is 0 Å². The molecule has 0 N–H and O–H groups in total. The maximum atomic E-state index is 12.5. The summed E-state index contributed by atoms with van der Waals surface area (Å²) >= 11 is 0. The lowest BCUT2D eigenvalue weighted by atomic mass is 10.1. The molecular formula is C20H22N4O2. The van der Waals surface area contributed by atoms with Crippen LogP contribution in [-0.2, 0) is 11.2 Å². The minimum atomic E-state index is -0.148. The summed E-state index contributed by atoms with van der Waals surface area (Å²) in [6, 6.07) is 12.2. The third-order valence-corrected chi connectivity index (χ3v) is 4.48. The van der Waals surface area contributed by atoms with E-state index in [1.165, 1.54) is 18.0 Å². The second kappa shape index (κ2) is 8.95. The van der Waals surface area contributed by atoms with Crippen LogP contribution in [0.15, 0.2) is 42.7 Å². The second-order valence-corrected chi connectivity index (χ2v) is 6.38. The Morgan fingerprint density at radius 3 is 2.88 bits per heavy atom. The number of benzene rings is 1. The summed E-state index contributed by atoms with van der Waals surface area (Å²) in [5, 5.41) is 9.08. The van der Waals surface area contributed by atoms with Crippen molar-refractivity contribution < 1.29 is 9.53 Å². The van der Waals surface area contributed by atoms with Crippen molar-refractivity contribution in [2.75, 3.05) is 13.1 Å². The van der Waals surface area contributed by atoms with E-state index in [1.807, 2.05) is 29.2 Å². The number of nitriles is 1. The highest BCUT2D eigenvalue weighted by molar-refractivity contribution is 5.76. The number of carbonyl (C=O) groups excluding carboxylic acids is 1. The number of hydrogen-bond acceptors (Lipinski definition) is 5. The molecule has 1 aliphatic heterocycles. The number of aromatic nitrogens is 2. The smallest absolute Gasteiger partial charge is 0.251 e. The molecule has 134 valence electrons. The van der Waals surface area contributed by atoms with Crippen molar-refractivity contribution in [3.8, 4) is 11.9 Å². The van der Waals surface area contributed by atoms with Gasteiger partial charge in [0.2, 0.25) is 11.6 Å². The summed E-state index contributed by atoms with van der Waals surface area (Å²) in [7, 11) is 0. The largest absolute Gasteiger partial charge is 0.470 e. The first-order chi connectivity index (χ1) is 12.8. The van der Waals surface area contributed by atoms with Crippen molar-refractivity contribution in [2.24, 2.45) is 0 Å². The minimum Gasteiger partial charge on any atom is -0.470 e. The van der Waals surface area contributed by atoms with Crippen LogP contribution in [0.25, 0.3) is 0 Å². The molecule has 0 bridgehead atoms. The molecule has 1 aromatic carbocycles. The standard InChI is InChI=1S/C20H22N4O2/c21-14-18-20(23-12-11-22-18)26-17-9-5-13-24(15-17)19(25)10-4-8-16-6-2-1-3-7-16/h1-3,6-7,11-12,17H,4-5,8-10,13,15H2. The second-order valence-electron chi connectivity index (χ2n) is 6.38. The van der Waals surface area contributed by atoms with Gasteiger partial charge in [-0.3, -0.25) is 4.79 Å². The molecule has 1 unspecified atom stereocenters. The molecule has 1 aliphatic rings. The highest BCUT2D eigenvalue weighted by Crippen LogP contribution is 2.19. The van der Waals surface area contributed by atoms with Gasteiger partial charge in [-0.15, -0.1) is 0 Å². The van der Waals surface area contributed by atoms with Gasteiger partial charge in [-0.05, 0) is 31.2 Å². The molecule has 1 amide bonds. The Morgan fingerprint density at radius 2 is 2.08 bits per heavy atom. The van der Waals surface area contributed by atoms with E-state index in [2.05, 4.69) is 22.1 Å². The van der Waals surface area contributed by atoms with Crippen LogP contribution in [0.2, 0.25) is 0 Å². The van der Waals surface area contributed by atoms with E-state index in [0.29, 0.717) is 13.0 Å². The predicted octanol–water partition coefficient (Wildman–Crippen LogP) is 2.74. The van der Waals surface area contributed by atoms with Crippen LogP contribution >= 0.6 is 0 Å². The van der Waals surface area contributed by atoms with Crippen LogP contribution in [0.4, 0.5) is 0 Å². The number of aryl methyl sites for hydroxylation is 1. The molecule has 0 saturated carbocycles. The third-order valence-electron chi connectivity index (χ3n) is 4.48. The molecule has 2 aromatic rings. The van der Waals surface area contributed by atoms with Gasteiger partial charge in [0.1, 0.15) is 12.2 Å². The summed E-state index contributed by atoms with van der Waals surface area (Å²) < 4.78 is 5.84. The zero-order valence-corrected chi connectivity index (χ0v) is 14.7. The van der Waals surface area contributed by atoms with E-state index in [4.69, 9.17) is 10.00 Å². The molecular weight excluding hydrogens is 328 g/mol. The highest BCUT2D eigenvalue weighted by atomic mass is 16.5. The van der Waals surface area contributed by atoms with E-state index in [1.54, 1.807) is 0 Å². The maximum Gasteiger partial charge on any atom is 0.251 e. The van der Waals surface area contributed by atoms with Gasteiger partial charge in [-0.1, -0.05) is 30.3 Å². The van der Waals surface area contributed by atoms with Crippen LogP contribution in [-0.4, -0.2) is 40.0 Å². The molecule has 26 heavy (non-hydrogen) atoms. The fourth-order valence-electron chi connectivity index (χ4n) is 3.15. The van der Waals surface area contributed by atoms with Gasteiger partial charge in [0, 0.05) is 25.4 Å². The molecule has 1 fully saturated rings. The molecule has 0 spiro atoms. The number of likely N-dealkylation sites (tertiary alicyclic amines) is 1. The van der Waals surface area contributed by atoms with Gasteiger partial charge in [-0.25, -0.2) is 9.97 Å². The Labute approximate surface area is 153 Å². The zero-order chi connectivity index (χ0) is 18.2. The van der Waals surface area contributed by atoms with Crippen molar-refractivity contribution in [3.05, 3.63) is 54.0 Å². The topological polar surface area (TPSA) is 79.1 Å². The normalized spacial score (nSPS) is 16.7. The lowest BCUT2D eigenvalue weighted by molar-refractivity contribution is -0.133. The summed E-state index contributed by atoms with van der Waals surface area (Å²) in [6.07, 6.45) is 6.84. The van der Waals surface area contributed by atoms with Crippen molar-refractivity contribution in [3.63, 3.8) is 0 Å². The summed E-state index contributed by atoms with van der Waals surface area (Å²) in [4.78, 5) is 22.4. The van der Waals surface area contributed by atoms with E-state index in [-0.39, 0.29) is 23.6 Å². The average Bonchev–Trinajstić information content (AvgIpc) is 2.69. The Hall–Kier alpha value is -2.94. The number of carbonyl (C=O) groups is 1. The monoisotopic (exact) mass is 350 g/mol. The summed E-state index contributed by atoms with van der Waals surface area (Å²) in [6.45, 7) is 1.29. The minimum absolute atomic E-state index is 0.148. The zero-order valence-electron chi connectivity index (χ0n) is 14.7. The Bertz CT molecular complexity index is 773. The van der Waals surface area contributed by atoms with Crippen molar-refractivity contribution in [1.82, 2.24) is 14.9 Å². The summed E-state index contributed by atoms with van der Waals surface area (Å²) in [5.74, 6) is 0.410. The number of nitrogens with zero attached hydrogens (tertiary/aromatic N) is 4. The van der Waals surface area contributed by atoms with Crippen LogP contribution in [0.5, 0.6) is 5.88 Å². The van der Waals surface area contributed by atoms with E-state index in [9.17, 15) is 4.79 Å². The van der Waals surface area contributed by atoms with Crippen molar-refractivity contribution in [2.45, 2.75) is 38.2 Å². The third kappa shape index (κ3) is 4.79. The highest BCUT2D eigenvalue weighted by Gasteiger charge is 2.25. The average molecular weight is 350 g/mol. The first-order valence-corrected chi connectivity index (χ1v) is 8.95. The molecule has 1 aromatic heterocycles. The molecule has 2 heterocycles. The number of amides is 1. The van der Waals surface area contributed by atoms with Crippen molar-refractivity contribution in [1.29, 1.82) is 5.26 Å². The van der Waals surface area contributed by atoms with E-state index >= 15 is 0 Å². The molecule has 1 atom stereocenters. The van der Waals surface area contributed by atoms with Crippen LogP contribution in [0, 0.1) is 11.3 Å². The van der Waals surface area contributed by atoms with Crippen LogP contribution in [0.1, 0.15) is 36.9 Å². The summed E-state index contributed by atoms with van der Waals surface area (Å²) in [5.41, 5.74) is 1.44. The van der Waals surface area contributed by atoms with E-state index in [0.717, 1.165) is 32.2 Å². The van der Waals surface area contributed by atoms with E-state index < -0.39 is 0 Å². The van der Waals surface area contributed by atoms with Crippen LogP contribution < -0.4 is 4.74 Å². The fourth-order valence-corrected chi connectivity index (χ4v) is 3.15. The Morgan fingerprint density at radius 1 is 1.27 bits per heavy atom. The number of ether oxygens (including phenoxy) is 1.